The van der Waals surface area contributed by atoms with Crippen LogP contribution in [0.3, 0.4) is 0 Å². The maximum atomic E-state index is 11.9. The Morgan fingerprint density at radius 1 is 1.62 bits per heavy atom. The number of nitrogens with zero attached hydrogens (tertiary/aromatic N) is 2. The number of carbonyl (C=O) groups is 1. The lowest BCUT2D eigenvalue weighted by Gasteiger charge is -2.14. The van der Waals surface area contributed by atoms with Gasteiger partial charge >= 0.3 is 0 Å². The van der Waals surface area contributed by atoms with Gasteiger partial charge in [-0.05, 0) is 13.0 Å². The molecule has 0 saturated carbocycles. The molecule has 0 aliphatic carbocycles. The summed E-state index contributed by atoms with van der Waals surface area (Å²) in [6.45, 7) is 2.34. The summed E-state index contributed by atoms with van der Waals surface area (Å²) < 4.78 is 5.10. The molecule has 0 atom stereocenters. The summed E-state index contributed by atoms with van der Waals surface area (Å²) in [5, 5.41) is 6.54. The molecule has 0 unspecified atom stereocenters. The second-order valence-electron chi connectivity index (χ2n) is 3.71. The molecule has 0 fully saturated rings. The number of amides is 1. The molecule has 0 aliphatic heterocycles. The minimum absolute atomic E-state index is 0.0574. The highest BCUT2D eigenvalue weighted by atomic mass is 16.3. The third-order valence-corrected chi connectivity index (χ3v) is 2.30. The molecule has 0 bridgehead atoms. The molecule has 5 nitrogen and oxygen atoms in total. The highest BCUT2D eigenvalue weighted by molar-refractivity contribution is 5.93. The molecule has 84 valence electrons. The van der Waals surface area contributed by atoms with Crippen LogP contribution in [-0.2, 0) is 6.54 Å². The third kappa shape index (κ3) is 2.13. The first-order valence-electron chi connectivity index (χ1n) is 4.95. The van der Waals surface area contributed by atoms with Crippen LogP contribution in [0.2, 0.25) is 0 Å². The molecule has 0 spiro atoms. The molecule has 5 heteroatoms. The fraction of sp³-hybridized carbons (Fsp3) is 0.273. The predicted octanol–water partition coefficient (Wildman–Crippen LogP) is 1.58. The lowest BCUT2D eigenvalue weighted by Crippen LogP contribution is -2.25. The SMILES string of the molecule is Cc1cc(C(=O)N(C)Cc2cn[nH]c2)co1. The Balaban J connectivity index is 2.05. The number of hydrogen-bond donors (Lipinski definition) is 1. The third-order valence-electron chi connectivity index (χ3n) is 2.30. The van der Waals surface area contributed by atoms with Crippen molar-refractivity contribution in [2.45, 2.75) is 13.5 Å². The van der Waals surface area contributed by atoms with Crippen molar-refractivity contribution in [2.75, 3.05) is 7.05 Å². The van der Waals surface area contributed by atoms with Gasteiger partial charge in [0.05, 0.1) is 11.8 Å². The van der Waals surface area contributed by atoms with E-state index in [0.717, 1.165) is 11.3 Å². The fourth-order valence-corrected chi connectivity index (χ4v) is 1.49. The summed E-state index contributed by atoms with van der Waals surface area (Å²) >= 11 is 0. The van der Waals surface area contributed by atoms with E-state index in [9.17, 15) is 4.79 Å². The first-order valence-corrected chi connectivity index (χ1v) is 4.95. The average molecular weight is 219 g/mol. The minimum Gasteiger partial charge on any atom is -0.469 e. The zero-order valence-corrected chi connectivity index (χ0v) is 9.23. The van der Waals surface area contributed by atoms with Crippen LogP contribution in [0.5, 0.6) is 0 Å². The van der Waals surface area contributed by atoms with Crippen LogP contribution >= 0.6 is 0 Å². The van der Waals surface area contributed by atoms with E-state index in [-0.39, 0.29) is 5.91 Å². The zero-order valence-electron chi connectivity index (χ0n) is 9.23. The van der Waals surface area contributed by atoms with Gasteiger partial charge in [-0.2, -0.15) is 5.10 Å². The number of aromatic nitrogens is 2. The number of aryl methyl sites for hydroxylation is 1. The molecule has 0 radical (unpaired) electrons. The van der Waals surface area contributed by atoms with E-state index in [1.165, 1.54) is 6.26 Å². The number of nitrogens with one attached hydrogen (secondary N) is 1. The monoisotopic (exact) mass is 219 g/mol. The quantitative estimate of drug-likeness (QED) is 0.852. The van der Waals surface area contributed by atoms with Gasteiger partial charge in [0.15, 0.2) is 0 Å². The average Bonchev–Trinajstić information content (AvgIpc) is 2.88. The van der Waals surface area contributed by atoms with E-state index in [1.54, 1.807) is 30.4 Å². The molecule has 2 aromatic heterocycles. The van der Waals surface area contributed by atoms with E-state index >= 15 is 0 Å². The first-order chi connectivity index (χ1) is 7.66. The smallest absolute Gasteiger partial charge is 0.257 e. The highest BCUT2D eigenvalue weighted by Gasteiger charge is 2.14. The van der Waals surface area contributed by atoms with Crippen molar-refractivity contribution in [3.8, 4) is 0 Å². The standard InChI is InChI=1S/C11H13N3O2/c1-8-3-10(7-16-8)11(15)14(2)6-9-4-12-13-5-9/h3-5,7H,6H2,1-2H3,(H,12,13). The topological polar surface area (TPSA) is 62.1 Å². The van der Waals surface area contributed by atoms with Gasteiger partial charge in [0.1, 0.15) is 12.0 Å². The maximum absolute atomic E-state index is 11.9. The fourth-order valence-electron chi connectivity index (χ4n) is 1.49. The molecular formula is C11H13N3O2. The molecule has 0 aromatic carbocycles. The second kappa shape index (κ2) is 4.22. The molecule has 16 heavy (non-hydrogen) atoms. The Morgan fingerprint density at radius 2 is 2.44 bits per heavy atom. The molecule has 1 amide bonds. The van der Waals surface area contributed by atoms with Crippen molar-refractivity contribution in [2.24, 2.45) is 0 Å². The largest absolute Gasteiger partial charge is 0.469 e. The number of H-pyrrole nitrogens is 1. The normalized spacial score (nSPS) is 10.4. The van der Waals surface area contributed by atoms with Crippen LogP contribution in [0.25, 0.3) is 0 Å². The molecule has 0 saturated heterocycles. The second-order valence-corrected chi connectivity index (χ2v) is 3.71. The molecule has 0 aliphatic rings. The van der Waals surface area contributed by atoms with Crippen molar-refractivity contribution in [3.63, 3.8) is 0 Å². The summed E-state index contributed by atoms with van der Waals surface area (Å²) in [7, 11) is 1.75. The van der Waals surface area contributed by atoms with Crippen LogP contribution in [0, 0.1) is 6.92 Å². The van der Waals surface area contributed by atoms with Gasteiger partial charge in [0.2, 0.25) is 0 Å². The van der Waals surface area contributed by atoms with Crippen LogP contribution in [-0.4, -0.2) is 28.1 Å². The van der Waals surface area contributed by atoms with E-state index < -0.39 is 0 Å². The molecular weight excluding hydrogens is 206 g/mol. The van der Waals surface area contributed by atoms with Gasteiger partial charge in [0.25, 0.3) is 5.91 Å². The summed E-state index contributed by atoms with van der Waals surface area (Å²) in [4.78, 5) is 13.5. The number of aromatic amines is 1. The van der Waals surface area contributed by atoms with Crippen molar-refractivity contribution in [3.05, 3.63) is 41.6 Å². The van der Waals surface area contributed by atoms with Gasteiger partial charge in [-0.3, -0.25) is 9.89 Å². The van der Waals surface area contributed by atoms with E-state index in [2.05, 4.69) is 10.2 Å². The van der Waals surface area contributed by atoms with Crippen LogP contribution in [0.4, 0.5) is 0 Å². The van der Waals surface area contributed by atoms with E-state index in [0.29, 0.717) is 12.1 Å². The van der Waals surface area contributed by atoms with Gasteiger partial charge in [0, 0.05) is 25.4 Å². The van der Waals surface area contributed by atoms with Crippen molar-refractivity contribution in [1.82, 2.24) is 15.1 Å². The Labute approximate surface area is 93.1 Å². The summed E-state index contributed by atoms with van der Waals surface area (Å²) in [5.41, 5.74) is 1.54. The Morgan fingerprint density at radius 3 is 3.00 bits per heavy atom. The van der Waals surface area contributed by atoms with E-state index in [4.69, 9.17) is 4.42 Å². The molecule has 2 rings (SSSR count). The lowest BCUT2D eigenvalue weighted by molar-refractivity contribution is 0.0784. The summed E-state index contributed by atoms with van der Waals surface area (Å²) in [6.07, 6.45) is 4.94. The Hall–Kier alpha value is -2.04. The predicted molar refractivity (Wildman–Crippen MR) is 57.8 cm³/mol. The van der Waals surface area contributed by atoms with Crippen molar-refractivity contribution >= 4 is 5.91 Å². The number of rotatable bonds is 3. The Bertz CT molecular complexity index is 473. The summed E-state index contributed by atoms with van der Waals surface area (Å²) in [6, 6.07) is 1.73. The molecule has 1 N–H and O–H groups in total. The van der Waals surface area contributed by atoms with Gasteiger partial charge in [-0.1, -0.05) is 0 Å². The van der Waals surface area contributed by atoms with Crippen molar-refractivity contribution in [1.29, 1.82) is 0 Å². The van der Waals surface area contributed by atoms with Gasteiger partial charge in [-0.15, -0.1) is 0 Å². The highest BCUT2D eigenvalue weighted by Crippen LogP contribution is 2.10. The van der Waals surface area contributed by atoms with Crippen LogP contribution < -0.4 is 0 Å². The number of carbonyl (C=O) groups excluding carboxylic acids is 1. The van der Waals surface area contributed by atoms with Crippen LogP contribution in [0.1, 0.15) is 21.7 Å². The van der Waals surface area contributed by atoms with E-state index in [1.807, 2.05) is 6.92 Å². The maximum Gasteiger partial charge on any atom is 0.257 e. The summed E-state index contributed by atoms with van der Waals surface area (Å²) in [5.74, 6) is 0.679. The number of hydrogen-bond acceptors (Lipinski definition) is 3. The van der Waals surface area contributed by atoms with Gasteiger partial charge in [-0.25, -0.2) is 0 Å². The van der Waals surface area contributed by atoms with Gasteiger partial charge < -0.3 is 9.32 Å². The Kier molecular flexibility index (Phi) is 2.76. The lowest BCUT2D eigenvalue weighted by atomic mass is 10.2. The molecule has 2 heterocycles. The minimum atomic E-state index is -0.0574. The first kappa shape index (κ1) is 10.5. The van der Waals surface area contributed by atoms with Crippen LogP contribution in [0.15, 0.2) is 29.1 Å². The molecule has 2 aromatic rings. The number of furan rings is 1. The zero-order chi connectivity index (χ0) is 11.5. The van der Waals surface area contributed by atoms with Crippen molar-refractivity contribution < 1.29 is 9.21 Å².